The highest BCUT2D eigenvalue weighted by Crippen LogP contribution is 2.20. The summed E-state index contributed by atoms with van der Waals surface area (Å²) in [4.78, 5) is 0. The molecule has 0 spiro atoms. The van der Waals surface area contributed by atoms with E-state index in [9.17, 15) is 4.39 Å². The van der Waals surface area contributed by atoms with Crippen molar-refractivity contribution in [1.29, 1.82) is 0 Å². The molecule has 0 radical (unpaired) electrons. The van der Waals surface area contributed by atoms with Crippen molar-refractivity contribution in [2.45, 2.75) is 13.8 Å². The lowest BCUT2D eigenvalue weighted by molar-refractivity contribution is 0.631. The molecule has 2 aromatic carbocycles. The van der Waals surface area contributed by atoms with Crippen molar-refractivity contribution in [3.8, 4) is 0 Å². The summed E-state index contributed by atoms with van der Waals surface area (Å²) in [6, 6.07) is 10.8. The third-order valence-electron chi connectivity index (χ3n) is 2.81. The predicted octanol–water partition coefficient (Wildman–Crippen LogP) is 5.01. The summed E-state index contributed by atoms with van der Waals surface area (Å²) in [6.07, 6.45) is 0. The van der Waals surface area contributed by atoms with E-state index in [1.807, 2.05) is 26.0 Å². The molecule has 0 amide bonds. The normalized spacial score (nSPS) is 10.2. The summed E-state index contributed by atoms with van der Waals surface area (Å²) >= 11 is 8.42. The number of anilines is 2. The SMILES string of the molecule is Cc1ccc(NC(=S)Nc2ccc(Br)cc2F)c(C)c1. The fourth-order valence-corrected chi connectivity index (χ4v) is 2.37. The molecule has 0 aliphatic heterocycles. The van der Waals surface area contributed by atoms with Gasteiger partial charge >= 0.3 is 0 Å². The van der Waals surface area contributed by atoms with Crippen molar-refractivity contribution in [3.63, 3.8) is 0 Å². The van der Waals surface area contributed by atoms with Gasteiger partial charge < -0.3 is 10.6 Å². The second-order valence-corrected chi connectivity index (χ2v) is 5.85. The maximum absolute atomic E-state index is 13.7. The molecule has 5 heteroatoms. The minimum Gasteiger partial charge on any atom is -0.332 e. The van der Waals surface area contributed by atoms with E-state index in [0.29, 0.717) is 15.3 Å². The van der Waals surface area contributed by atoms with Gasteiger partial charge in [0, 0.05) is 10.2 Å². The van der Waals surface area contributed by atoms with Gasteiger partial charge in [0.05, 0.1) is 5.69 Å². The first-order valence-corrected chi connectivity index (χ1v) is 7.26. The molecule has 2 rings (SSSR count). The molecule has 0 unspecified atom stereocenters. The van der Waals surface area contributed by atoms with E-state index >= 15 is 0 Å². The number of halogens is 2. The Balaban J connectivity index is 2.09. The summed E-state index contributed by atoms with van der Waals surface area (Å²) in [5.74, 6) is -0.357. The Hall–Kier alpha value is -1.46. The molecule has 0 atom stereocenters. The molecule has 2 nitrogen and oxygen atoms in total. The minimum absolute atomic E-state index is 0.343. The van der Waals surface area contributed by atoms with Crippen LogP contribution in [0.4, 0.5) is 15.8 Å². The lowest BCUT2D eigenvalue weighted by Crippen LogP contribution is -2.20. The topological polar surface area (TPSA) is 24.1 Å². The molecule has 0 bridgehead atoms. The maximum Gasteiger partial charge on any atom is 0.175 e. The van der Waals surface area contributed by atoms with Gasteiger partial charge in [-0.25, -0.2) is 4.39 Å². The van der Waals surface area contributed by atoms with Gasteiger partial charge in [-0.2, -0.15) is 0 Å². The quantitative estimate of drug-likeness (QED) is 0.742. The largest absolute Gasteiger partial charge is 0.332 e. The summed E-state index contributed by atoms with van der Waals surface area (Å²) in [7, 11) is 0. The molecule has 2 N–H and O–H groups in total. The van der Waals surface area contributed by atoms with E-state index < -0.39 is 0 Å². The number of nitrogens with one attached hydrogen (secondary N) is 2. The molecule has 0 heterocycles. The van der Waals surface area contributed by atoms with E-state index in [1.54, 1.807) is 12.1 Å². The van der Waals surface area contributed by atoms with Crippen LogP contribution in [0.25, 0.3) is 0 Å². The highest BCUT2D eigenvalue weighted by molar-refractivity contribution is 9.10. The molecule has 2 aromatic rings. The van der Waals surface area contributed by atoms with Gasteiger partial charge in [-0.15, -0.1) is 0 Å². The highest BCUT2D eigenvalue weighted by atomic mass is 79.9. The van der Waals surface area contributed by atoms with Crippen LogP contribution in [0.2, 0.25) is 0 Å². The number of hydrogen-bond acceptors (Lipinski definition) is 1. The van der Waals surface area contributed by atoms with Crippen molar-refractivity contribution < 1.29 is 4.39 Å². The summed E-state index contributed by atoms with van der Waals surface area (Å²) < 4.78 is 14.4. The van der Waals surface area contributed by atoms with Crippen LogP contribution in [-0.4, -0.2) is 5.11 Å². The van der Waals surface area contributed by atoms with Crippen LogP contribution in [0.15, 0.2) is 40.9 Å². The van der Waals surface area contributed by atoms with E-state index in [2.05, 4.69) is 32.6 Å². The van der Waals surface area contributed by atoms with Gasteiger partial charge in [0.25, 0.3) is 0 Å². The average molecular weight is 353 g/mol. The van der Waals surface area contributed by atoms with Gasteiger partial charge in [0.15, 0.2) is 5.11 Å². The van der Waals surface area contributed by atoms with Crippen molar-refractivity contribution in [1.82, 2.24) is 0 Å². The third-order valence-corrected chi connectivity index (χ3v) is 3.51. The standard InChI is InChI=1S/C15H14BrFN2S/c1-9-3-5-13(10(2)7-9)18-15(20)19-14-6-4-11(16)8-12(14)17/h3-8H,1-2H3,(H2,18,19,20). The zero-order valence-corrected chi connectivity index (χ0v) is 13.5. The molecule has 0 aliphatic carbocycles. The van der Waals surface area contributed by atoms with E-state index in [4.69, 9.17) is 12.2 Å². The molecule has 0 aromatic heterocycles. The van der Waals surface area contributed by atoms with Crippen molar-refractivity contribution >= 4 is 44.6 Å². The van der Waals surface area contributed by atoms with Crippen LogP contribution in [-0.2, 0) is 0 Å². The maximum atomic E-state index is 13.7. The molecular formula is C15H14BrFN2S. The van der Waals surface area contributed by atoms with Crippen LogP contribution in [0.3, 0.4) is 0 Å². The molecule has 0 fully saturated rings. The van der Waals surface area contributed by atoms with Gasteiger partial charge in [-0.05, 0) is 55.9 Å². The zero-order chi connectivity index (χ0) is 14.7. The molecule has 0 aliphatic rings. The predicted molar refractivity (Wildman–Crippen MR) is 89.9 cm³/mol. The summed E-state index contributed by atoms with van der Waals surface area (Å²) in [6.45, 7) is 4.03. The monoisotopic (exact) mass is 352 g/mol. The Morgan fingerprint density at radius 3 is 2.35 bits per heavy atom. The Morgan fingerprint density at radius 2 is 1.70 bits per heavy atom. The number of aryl methyl sites for hydroxylation is 2. The van der Waals surface area contributed by atoms with Gasteiger partial charge in [-0.1, -0.05) is 33.6 Å². The lowest BCUT2D eigenvalue weighted by Gasteiger charge is -2.13. The minimum atomic E-state index is -0.357. The van der Waals surface area contributed by atoms with Gasteiger partial charge in [0.1, 0.15) is 5.82 Å². The van der Waals surface area contributed by atoms with Crippen LogP contribution in [0.5, 0.6) is 0 Å². The Labute approximate surface area is 131 Å². The van der Waals surface area contributed by atoms with Crippen LogP contribution in [0.1, 0.15) is 11.1 Å². The van der Waals surface area contributed by atoms with Crippen LogP contribution >= 0.6 is 28.1 Å². The van der Waals surface area contributed by atoms with Crippen molar-refractivity contribution in [2.24, 2.45) is 0 Å². The molecule has 20 heavy (non-hydrogen) atoms. The number of rotatable bonds is 2. The number of thiocarbonyl (C=S) groups is 1. The van der Waals surface area contributed by atoms with Crippen LogP contribution in [0, 0.1) is 19.7 Å². The molecule has 0 saturated carbocycles. The highest BCUT2D eigenvalue weighted by Gasteiger charge is 2.06. The Bertz CT molecular complexity index is 603. The summed E-state index contributed by atoms with van der Waals surface area (Å²) in [5, 5.41) is 6.28. The third kappa shape index (κ3) is 3.77. The van der Waals surface area contributed by atoms with E-state index in [-0.39, 0.29) is 5.82 Å². The second-order valence-electron chi connectivity index (χ2n) is 4.52. The van der Waals surface area contributed by atoms with E-state index in [0.717, 1.165) is 11.3 Å². The van der Waals surface area contributed by atoms with Gasteiger partial charge in [-0.3, -0.25) is 0 Å². The number of hydrogen-bond donors (Lipinski definition) is 2. The van der Waals surface area contributed by atoms with Crippen LogP contribution < -0.4 is 10.6 Å². The first-order chi connectivity index (χ1) is 9.45. The molecule has 0 saturated heterocycles. The molecule has 104 valence electrons. The van der Waals surface area contributed by atoms with E-state index in [1.165, 1.54) is 11.6 Å². The summed E-state index contributed by atoms with van der Waals surface area (Å²) in [5.41, 5.74) is 3.53. The lowest BCUT2D eigenvalue weighted by atomic mass is 10.1. The zero-order valence-electron chi connectivity index (χ0n) is 11.1. The number of benzene rings is 2. The second kappa shape index (κ2) is 6.33. The van der Waals surface area contributed by atoms with Crippen molar-refractivity contribution in [2.75, 3.05) is 10.6 Å². The fraction of sp³-hybridized carbons (Fsp3) is 0.133. The average Bonchev–Trinajstić information content (AvgIpc) is 2.36. The van der Waals surface area contributed by atoms with Crippen molar-refractivity contribution in [3.05, 3.63) is 57.8 Å². The smallest absolute Gasteiger partial charge is 0.175 e. The Kier molecular flexibility index (Phi) is 4.73. The Morgan fingerprint density at radius 1 is 1.05 bits per heavy atom. The fourth-order valence-electron chi connectivity index (χ4n) is 1.82. The first-order valence-electron chi connectivity index (χ1n) is 6.06. The first kappa shape index (κ1) is 14.9. The van der Waals surface area contributed by atoms with Gasteiger partial charge in [0.2, 0.25) is 0 Å². The molecular weight excluding hydrogens is 339 g/mol.